The van der Waals surface area contributed by atoms with Crippen LogP contribution in [0.15, 0.2) is 72.2 Å². The van der Waals surface area contributed by atoms with Crippen molar-refractivity contribution in [1.82, 2.24) is 10.6 Å². The lowest BCUT2D eigenvalue weighted by molar-refractivity contribution is -0.119. The van der Waals surface area contributed by atoms with Crippen molar-refractivity contribution in [3.63, 3.8) is 0 Å². The molecule has 0 aliphatic rings. The molecule has 0 aliphatic carbocycles. The summed E-state index contributed by atoms with van der Waals surface area (Å²) in [6.07, 6.45) is 1.65. The third-order valence-corrected chi connectivity index (χ3v) is 3.44. The summed E-state index contributed by atoms with van der Waals surface area (Å²) in [5.41, 5.74) is 3.23. The second kappa shape index (κ2) is 12.1. The van der Waals surface area contributed by atoms with E-state index in [1.807, 2.05) is 30.3 Å². The number of aliphatic imine (C=N–C) groups is 1. The van der Waals surface area contributed by atoms with E-state index in [2.05, 4.69) is 58.7 Å². The van der Waals surface area contributed by atoms with E-state index < -0.39 is 0 Å². The minimum absolute atomic E-state index is 0. The van der Waals surface area contributed by atoms with Gasteiger partial charge in [0.1, 0.15) is 0 Å². The number of para-hydroxylation sites is 1. The van der Waals surface area contributed by atoms with Crippen molar-refractivity contribution in [2.45, 2.75) is 13.5 Å². The van der Waals surface area contributed by atoms with Gasteiger partial charge >= 0.3 is 0 Å². The molecule has 0 heterocycles. The molecule has 5 nitrogen and oxygen atoms in total. The highest BCUT2D eigenvalue weighted by Gasteiger charge is 2.04. The number of rotatable bonds is 7. The van der Waals surface area contributed by atoms with Crippen molar-refractivity contribution < 1.29 is 4.79 Å². The Balaban J connectivity index is 0.00000338. The Bertz CT molecular complexity index is 714. The van der Waals surface area contributed by atoms with Gasteiger partial charge in [-0.25, -0.2) is 4.99 Å². The van der Waals surface area contributed by atoms with Crippen molar-refractivity contribution in [1.29, 1.82) is 0 Å². The molecule has 0 unspecified atom stereocenters. The minimum Gasteiger partial charge on any atom is -0.351 e. The first-order valence-electron chi connectivity index (χ1n) is 8.21. The molecule has 0 atom stereocenters. The Morgan fingerprint density at radius 2 is 1.77 bits per heavy atom. The maximum Gasteiger partial charge on any atom is 0.239 e. The van der Waals surface area contributed by atoms with Gasteiger partial charge in [0.05, 0.1) is 13.1 Å². The van der Waals surface area contributed by atoms with Crippen LogP contribution in [0.3, 0.4) is 0 Å². The molecule has 2 aromatic carbocycles. The van der Waals surface area contributed by atoms with Gasteiger partial charge in [0.15, 0.2) is 5.96 Å². The average Bonchev–Trinajstić information content (AvgIpc) is 2.64. The Morgan fingerprint density at radius 3 is 2.42 bits per heavy atom. The molecule has 0 aromatic heterocycles. The Morgan fingerprint density at radius 1 is 1.08 bits per heavy atom. The largest absolute Gasteiger partial charge is 0.351 e. The van der Waals surface area contributed by atoms with Gasteiger partial charge < -0.3 is 16.0 Å². The number of hydrogen-bond acceptors (Lipinski definition) is 2. The minimum atomic E-state index is -0.113. The number of hydrogen-bond donors (Lipinski definition) is 3. The van der Waals surface area contributed by atoms with Gasteiger partial charge in [0.2, 0.25) is 5.91 Å². The number of aryl methyl sites for hydroxylation is 1. The summed E-state index contributed by atoms with van der Waals surface area (Å²) in [5, 5.41) is 8.99. The summed E-state index contributed by atoms with van der Waals surface area (Å²) < 4.78 is 0. The van der Waals surface area contributed by atoms with Crippen LogP contribution in [0, 0.1) is 6.92 Å². The molecule has 0 bridgehead atoms. The summed E-state index contributed by atoms with van der Waals surface area (Å²) in [4.78, 5) is 16.3. The van der Waals surface area contributed by atoms with E-state index in [1.54, 1.807) is 6.08 Å². The van der Waals surface area contributed by atoms with Gasteiger partial charge in [0, 0.05) is 12.2 Å². The van der Waals surface area contributed by atoms with Crippen LogP contribution in [-0.2, 0) is 11.3 Å². The van der Waals surface area contributed by atoms with Crippen molar-refractivity contribution in [2.24, 2.45) is 4.99 Å². The highest BCUT2D eigenvalue weighted by molar-refractivity contribution is 14.0. The zero-order chi connectivity index (χ0) is 17.9. The van der Waals surface area contributed by atoms with E-state index in [0.717, 1.165) is 11.3 Å². The fourth-order valence-corrected chi connectivity index (χ4v) is 2.07. The van der Waals surface area contributed by atoms with Crippen molar-refractivity contribution >= 4 is 41.5 Å². The van der Waals surface area contributed by atoms with Crippen LogP contribution in [0.4, 0.5) is 5.69 Å². The Kier molecular flexibility index (Phi) is 10.1. The lowest BCUT2D eigenvalue weighted by Gasteiger charge is -2.12. The molecule has 0 radical (unpaired) electrons. The molecular weight excluding hydrogens is 439 g/mol. The number of anilines is 1. The predicted molar refractivity (Wildman–Crippen MR) is 119 cm³/mol. The molecule has 6 heteroatoms. The van der Waals surface area contributed by atoms with E-state index >= 15 is 0 Å². The number of amides is 1. The monoisotopic (exact) mass is 464 g/mol. The van der Waals surface area contributed by atoms with Crippen molar-refractivity contribution in [3.8, 4) is 0 Å². The SMILES string of the molecule is C=CCNC(=O)CNC(=NCc1ccc(C)cc1)Nc1ccccc1.I. The van der Waals surface area contributed by atoms with E-state index in [0.29, 0.717) is 19.0 Å². The smallest absolute Gasteiger partial charge is 0.239 e. The first-order chi connectivity index (χ1) is 12.2. The quantitative estimate of drug-likeness (QED) is 0.255. The van der Waals surface area contributed by atoms with Crippen LogP contribution < -0.4 is 16.0 Å². The summed E-state index contributed by atoms with van der Waals surface area (Å²) in [6.45, 7) is 6.75. The molecule has 1 amide bonds. The van der Waals surface area contributed by atoms with Gasteiger partial charge in [-0.05, 0) is 24.6 Å². The lowest BCUT2D eigenvalue weighted by Crippen LogP contribution is -2.40. The van der Waals surface area contributed by atoms with Crippen molar-refractivity contribution in [3.05, 3.63) is 78.4 Å². The van der Waals surface area contributed by atoms with E-state index in [-0.39, 0.29) is 36.4 Å². The van der Waals surface area contributed by atoms with Gasteiger partial charge in [-0.2, -0.15) is 0 Å². The van der Waals surface area contributed by atoms with E-state index in [9.17, 15) is 4.79 Å². The van der Waals surface area contributed by atoms with Gasteiger partial charge in [0.25, 0.3) is 0 Å². The molecule has 26 heavy (non-hydrogen) atoms. The zero-order valence-corrected chi connectivity index (χ0v) is 17.2. The average molecular weight is 464 g/mol. The summed E-state index contributed by atoms with van der Waals surface area (Å²) in [7, 11) is 0. The second-order valence-corrected chi connectivity index (χ2v) is 5.59. The highest BCUT2D eigenvalue weighted by atomic mass is 127. The lowest BCUT2D eigenvalue weighted by atomic mass is 10.1. The topological polar surface area (TPSA) is 65.5 Å². The third-order valence-electron chi connectivity index (χ3n) is 3.44. The zero-order valence-electron chi connectivity index (χ0n) is 14.9. The summed E-state index contributed by atoms with van der Waals surface area (Å²) in [6, 6.07) is 17.9. The fraction of sp³-hybridized carbons (Fsp3) is 0.200. The molecule has 138 valence electrons. The molecule has 2 aromatic rings. The van der Waals surface area contributed by atoms with Crippen LogP contribution in [-0.4, -0.2) is 25.0 Å². The number of carbonyl (C=O) groups excluding carboxylic acids is 1. The summed E-state index contributed by atoms with van der Waals surface area (Å²) >= 11 is 0. The standard InChI is InChI=1S/C20H24N4O.HI/c1-3-13-21-19(25)15-23-20(24-18-7-5-4-6-8-18)22-14-17-11-9-16(2)10-12-17;/h3-12H,1,13-15H2,2H3,(H,21,25)(H2,22,23,24);1H. The van der Waals surface area contributed by atoms with Gasteiger partial charge in [-0.15, -0.1) is 30.6 Å². The molecule has 3 N–H and O–H groups in total. The third kappa shape index (κ3) is 8.15. The molecule has 0 saturated carbocycles. The molecular formula is C20H25IN4O. The first-order valence-corrected chi connectivity index (χ1v) is 8.21. The van der Waals surface area contributed by atoms with Crippen LogP contribution >= 0.6 is 24.0 Å². The number of halogens is 1. The molecule has 0 saturated heterocycles. The molecule has 0 aliphatic heterocycles. The van der Waals surface area contributed by atoms with Gasteiger partial charge in [-0.3, -0.25) is 4.79 Å². The normalized spacial score (nSPS) is 10.4. The van der Waals surface area contributed by atoms with Crippen LogP contribution in [0.2, 0.25) is 0 Å². The van der Waals surface area contributed by atoms with Crippen LogP contribution in [0.25, 0.3) is 0 Å². The Hall–Kier alpha value is -2.35. The Labute approximate surface area is 172 Å². The van der Waals surface area contributed by atoms with E-state index in [1.165, 1.54) is 5.56 Å². The second-order valence-electron chi connectivity index (χ2n) is 5.59. The number of carbonyl (C=O) groups is 1. The number of nitrogens with one attached hydrogen (secondary N) is 3. The van der Waals surface area contributed by atoms with Crippen LogP contribution in [0.1, 0.15) is 11.1 Å². The maximum absolute atomic E-state index is 11.8. The molecule has 0 fully saturated rings. The number of guanidine groups is 1. The van der Waals surface area contributed by atoms with Gasteiger partial charge in [-0.1, -0.05) is 54.1 Å². The van der Waals surface area contributed by atoms with Crippen molar-refractivity contribution in [2.75, 3.05) is 18.4 Å². The number of benzene rings is 2. The molecule has 0 spiro atoms. The first kappa shape index (κ1) is 21.7. The van der Waals surface area contributed by atoms with Crippen LogP contribution in [0.5, 0.6) is 0 Å². The predicted octanol–water partition coefficient (Wildman–Crippen LogP) is 3.47. The molecule has 2 rings (SSSR count). The maximum atomic E-state index is 11.8. The fourth-order valence-electron chi connectivity index (χ4n) is 2.07. The highest BCUT2D eigenvalue weighted by Crippen LogP contribution is 2.07. The van der Waals surface area contributed by atoms with E-state index in [4.69, 9.17) is 0 Å². The number of nitrogens with zero attached hydrogens (tertiary/aromatic N) is 1. The summed E-state index contributed by atoms with van der Waals surface area (Å²) in [5.74, 6) is 0.443.